The minimum Gasteiger partial charge on any atom is -0.495 e. The molecule has 0 saturated heterocycles. The molecule has 0 radical (unpaired) electrons. The standard InChI is InChI=1S/C24H24FN5O4S/c1-23(14-35(32,33)24(2,22(26)30-23)20-6-4-5-11-27-20)17-12-15(7-9-18(17)25)29-21(31)19-10-8-16(34-3)13-28-19/h4-13H,14H2,1-3H3,(H2,26,30)(H,29,31)/t23-,24+/m0/s1. The van der Waals surface area contributed by atoms with Crippen LogP contribution in [0.3, 0.4) is 0 Å². The van der Waals surface area contributed by atoms with E-state index in [1.54, 1.807) is 24.3 Å². The molecule has 0 aliphatic carbocycles. The van der Waals surface area contributed by atoms with Gasteiger partial charge in [-0.2, -0.15) is 0 Å². The summed E-state index contributed by atoms with van der Waals surface area (Å²) in [7, 11) is -2.49. The van der Waals surface area contributed by atoms with Crippen LogP contribution in [-0.2, 0) is 20.1 Å². The van der Waals surface area contributed by atoms with Gasteiger partial charge in [-0.25, -0.2) is 17.8 Å². The number of aliphatic imine (C=N–C) groups is 1. The number of carbonyl (C=O) groups is 1. The zero-order valence-electron chi connectivity index (χ0n) is 19.3. The van der Waals surface area contributed by atoms with Crippen LogP contribution in [-0.4, -0.2) is 43.0 Å². The Bertz CT molecular complexity index is 1410. The molecule has 0 spiro atoms. The van der Waals surface area contributed by atoms with Gasteiger partial charge in [-0.15, -0.1) is 0 Å². The summed E-state index contributed by atoms with van der Waals surface area (Å²) < 4.78 is 45.4. The summed E-state index contributed by atoms with van der Waals surface area (Å²) in [4.78, 5) is 25.3. The molecule has 35 heavy (non-hydrogen) atoms. The molecule has 4 rings (SSSR count). The van der Waals surface area contributed by atoms with Crippen molar-refractivity contribution in [2.45, 2.75) is 24.1 Å². The molecule has 0 bridgehead atoms. The van der Waals surface area contributed by atoms with Gasteiger partial charge in [0.15, 0.2) is 14.6 Å². The van der Waals surface area contributed by atoms with Crippen molar-refractivity contribution in [3.8, 4) is 5.75 Å². The van der Waals surface area contributed by atoms with Gasteiger partial charge in [0, 0.05) is 17.4 Å². The maximum absolute atomic E-state index is 15.0. The molecular weight excluding hydrogens is 473 g/mol. The van der Waals surface area contributed by atoms with Crippen molar-refractivity contribution in [3.05, 3.63) is 83.7 Å². The van der Waals surface area contributed by atoms with E-state index in [0.717, 1.165) is 6.07 Å². The van der Waals surface area contributed by atoms with Gasteiger partial charge in [-0.3, -0.25) is 14.8 Å². The molecule has 182 valence electrons. The van der Waals surface area contributed by atoms with Gasteiger partial charge in [0.25, 0.3) is 5.91 Å². The number of rotatable bonds is 5. The normalized spacial score (nSPS) is 23.3. The van der Waals surface area contributed by atoms with Crippen LogP contribution in [0.1, 0.15) is 35.6 Å². The van der Waals surface area contributed by atoms with E-state index < -0.39 is 37.6 Å². The van der Waals surface area contributed by atoms with Crippen LogP contribution in [0.15, 0.2) is 65.9 Å². The summed E-state index contributed by atoms with van der Waals surface area (Å²) in [6.45, 7) is 2.93. The number of methoxy groups -OCH3 is 1. The van der Waals surface area contributed by atoms with E-state index in [-0.39, 0.29) is 28.5 Å². The molecule has 0 fully saturated rings. The maximum Gasteiger partial charge on any atom is 0.274 e. The Balaban J connectivity index is 1.71. The topological polar surface area (TPSA) is 137 Å². The number of ether oxygens (including phenoxy) is 1. The average molecular weight is 498 g/mol. The van der Waals surface area contributed by atoms with Gasteiger partial charge in [-0.1, -0.05) is 6.07 Å². The maximum atomic E-state index is 15.0. The predicted molar refractivity (Wildman–Crippen MR) is 129 cm³/mol. The molecule has 1 aliphatic rings. The van der Waals surface area contributed by atoms with Crippen LogP contribution in [0, 0.1) is 5.82 Å². The highest BCUT2D eigenvalue weighted by Crippen LogP contribution is 2.42. The number of carbonyl (C=O) groups excluding carboxylic acids is 1. The molecule has 9 nitrogen and oxygen atoms in total. The second-order valence-corrected chi connectivity index (χ2v) is 10.8. The first-order valence-corrected chi connectivity index (χ1v) is 12.3. The van der Waals surface area contributed by atoms with Crippen LogP contribution in [0.5, 0.6) is 5.75 Å². The summed E-state index contributed by atoms with van der Waals surface area (Å²) in [5, 5.41) is 2.65. The van der Waals surface area contributed by atoms with Crippen LogP contribution in [0.4, 0.5) is 10.1 Å². The first kappa shape index (κ1) is 24.3. The lowest BCUT2D eigenvalue weighted by atomic mass is 9.92. The number of benzene rings is 1. The largest absolute Gasteiger partial charge is 0.495 e. The monoisotopic (exact) mass is 497 g/mol. The molecule has 1 aliphatic heterocycles. The van der Waals surface area contributed by atoms with E-state index in [1.165, 1.54) is 51.6 Å². The summed E-state index contributed by atoms with van der Waals surface area (Å²) in [5.41, 5.74) is 5.27. The Morgan fingerprint density at radius 2 is 1.91 bits per heavy atom. The number of pyridine rings is 2. The Kier molecular flexibility index (Phi) is 6.05. The Hall–Kier alpha value is -3.86. The lowest BCUT2D eigenvalue weighted by Crippen LogP contribution is -2.55. The first-order chi connectivity index (χ1) is 16.5. The van der Waals surface area contributed by atoms with E-state index in [9.17, 15) is 17.6 Å². The molecule has 3 heterocycles. The van der Waals surface area contributed by atoms with E-state index in [1.807, 2.05) is 0 Å². The minimum atomic E-state index is -3.98. The Labute approximate surface area is 202 Å². The van der Waals surface area contributed by atoms with Gasteiger partial charge < -0.3 is 15.8 Å². The highest BCUT2D eigenvalue weighted by Gasteiger charge is 2.54. The summed E-state index contributed by atoms with van der Waals surface area (Å²) in [6, 6.07) is 11.8. The number of hydrogen-bond acceptors (Lipinski definition) is 8. The zero-order valence-corrected chi connectivity index (χ0v) is 20.1. The molecule has 3 aromatic rings. The highest BCUT2D eigenvalue weighted by atomic mass is 32.2. The number of halogens is 1. The predicted octanol–water partition coefficient (Wildman–Crippen LogP) is 2.79. The van der Waals surface area contributed by atoms with Gasteiger partial charge in [0.05, 0.1) is 24.8 Å². The van der Waals surface area contributed by atoms with E-state index in [4.69, 9.17) is 10.5 Å². The van der Waals surface area contributed by atoms with Crippen LogP contribution in [0.2, 0.25) is 0 Å². The van der Waals surface area contributed by atoms with Crippen molar-refractivity contribution in [2.24, 2.45) is 10.7 Å². The SMILES string of the molecule is COc1ccc(C(=O)Nc2ccc(F)c([C@]3(C)CS(=O)(=O)[C@](C)(c4ccccn4)C(N)=N3)c2)nc1. The molecule has 1 aromatic carbocycles. The van der Waals surface area contributed by atoms with E-state index in [0.29, 0.717) is 5.75 Å². The number of amidine groups is 1. The van der Waals surface area contributed by atoms with Crippen LogP contribution in [0.25, 0.3) is 0 Å². The molecule has 0 saturated carbocycles. The van der Waals surface area contributed by atoms with Crippen molar-refractivity contribution in [1.29, 1.82) is 0 Å². The van der Waals surface area contributed by atoms with Crippen molar-refractivity contribution in [3.63, 3.8) is 0 Å². The van der Waals surface area contributed by atoms with Crippen molar-refractivity contribution in [1.82, 2.24) is 9.97 Å². The molecule has 2 aromatic heterocycles. The van der Waals surface area contributed by atoms with E-state index >= 15 is 0 Å². The van der Waals surface area contributed by atoms with Crippen molar-refractivity contribution >= 4 is 27.3 Å². The Morgan fingerprint density at radius 3 is 2.51 bits per heavy atom. The van der Waals surface area contributed by atoms with Gasteiger partial charge in [-0.05, 0) is 56.3 Å². The number of amides is 1. The van der Waals surface area contributed by atoms with Crippen LogP contribution < -0.4 is 15.8 Å². The Morgan fingerprint density at radius 1 is 1.14 bits per heavy atom. The lowest BCUT2D eigenvalue weighted by molar-refractivity contribution is 0.102. The summed E-state index contributed by atoms with van der Waals surface area (Å²) in [6.07, 6.45) is 2.87. The minimum absolute atomic E-state index is 0.0208. The fourth-order valence-corrected chi connectivity index (χ4v) is 6.05. The number of anilines is 1. The molecular formula is C24H24FN5O4S. The number of nitrogens with zero attached hydrogens (tertiary/aromatic N) is 3. The van der Waals surface area contributed by atoms with Gasteiger partial charge in [0.2, 0.25) is 0 Å². The number of sulfone groups is 1. The van der Waals surface area contributed by atoms with Crippen molar-refractivity contribution < 1.29 is 22.3 Å². The third-order valence-corrected chi connectivity index (χ3v) is 8.72. The van der Waals surface area contributed by atoms with Crippen molar-refractivity contribution in [2.75, 3.05) is 18.2 Å². The van der Waals surface area contributed by atoms with E-state index in [2.05, 4.69) is 20.3 Å². The summed E-state index contributed by atoms with van der Waals surface area (Å²) >= 11 is 0. The fourth-order valence-electron chi connectivity index (χ4n) is 4.00. The molecule has 11 heteroatoms. The summed E-state index contributed by atoms with van der Waals surface area (Å²) in [5.74, 6) is -1.42. The lowest BCUT2D eigenvalue weighted by Gasteiger charge is -2.39. The number of nitrogens with two attached hydrogens (primary N) is 1. The third-order valence-electron chi connectivity index (χ3n) is 6.11. The number of aromatic nitrogens is 2. The molecule has 0 unspecified atom stereocenters. The molecule has 2 atom stereocenters. The quantitative estimate of drug-likeness (QED) is 0.553. The fraction of sp³-hybridized carbons (Fsp3) is 0.250. The smallest absolute Gasteiger partial charge is 0.274 e. The number of nitrogens with one attached hydrogen (secondary N) is 1. The average Bonchev–Trinajstić information content (AvgIpc) is 2.83. The molecule has 1 amide bonds. The second-order valence-electron chi connectivity index (χ2n) is 8.51. The number of hydrogen-bond donors (Lipinski definition) is 2. The van der Waals surface area contributed by atoms with Gasteiger partial charge >= 0.3 is 0 Å². The first-order valence-electron chi connectivity index (χ1n) is 10.6. The van der Waals surface area contributed by atoms with Gasteiger partial charge in [0.1, 0.15) is 28.6 Å². The molecule has 3 N–H and O–H groups in total. The second kappa shape index (κ2) is 8.73. The van der Waals surface area contributed by atoms with Crippen LogP contribution >= 0.6 is 0 Å². The third kappa shape index (κ3) is 4.23. The highest BCUT2D eigenvalue weighted by molar-refractivity contribution is 7.93. The zero-order chi connectivity index (χ0) is 25.4.